The summed E-state index contributed by atoms with van der Waals surface area (Å²) in [5, 5.41) is 25.4. The van der Waals surface area contributed by atoms with Gasteiger partial charge in [0.2, 0.25) is 5.36 Å². The van der Waals surface area contributed by atoms with Crippen molar-refractivity contribution in [1.82, 2.24) is 4.58 Å². The van der Waals surface area contributed by atoms with Crippen LogP contribution in [0.3, 0.4) is 0 Å². The zero-order valence-electron chi connectivity index (χ0n) is 28.6. The first-order chi connectivity index (χ1) is 24.2. The molecule has 5 aromatic rings. The highest BCUT2D eigenvalue weighted by Crippen LogP contribution is 2.35. The van der Waals surface area contributed by atoms with E-state index >= 15 is 0 Å². The van der Waals surface area contributed by atoms with Gasteiger partial charge in [-0.25, -0.2) is 14.2 Å². The summed E-state index contributed by atoms with van der Waals surface area (Å²) in [5.41, 5.74) is 8.89. The number of nitrogens with zero attached hydrogens (tertiary/aromatic N) is 2. The van der Waals surface area contributed by atoms with Gasteiger partial charge in [0.15, 0.2) is 6.54 Å². The first kappa shape index (κ1) is 32.0. The van der Waals surface area contributed by atoms with Crippen molar-refractivity contribution < 1.29 is 19.8 Å². The Labute approximate surface area is 293 Å². The minimum absolute atomic E-state index is 0.0849. The molecule has 0 atom stereocenters. The van der Waals surface area contributed by atoms with Crippen LogP contribution in [0.4, 0.5) is 5.69 Å². The summed E-state index contributed by atoms with van der Waals surface area (Å²) in [4.78, 5) is 27.6. The van der Waals surface area contributed by atoms with Crippen LogP contribution in [0, 0.1) is 0 Å². The number of rotatable bonds is 7. The van der Waals surface area contributed by atoms with E-state index in [1.807, 2.05) is 0 Å². The fourth-order valence-corrected chi connectivity index (χ4v) is 11.5. The maximum Gasteiger partial charge on any atom is 0.336 e. The molecule has 7 heteroatoms. The number of fused-ring (bicyclic) bond motifs is 4. The molecule has 0 saturated heterocycles. The first-order valence-corrected chi connectivity index (χ1v) is 20.6. The molecule has 8 rings (SSSR count). The summed E-state index contributed by atoms with van der Waals surface area (Å²) in [6, 6.07) is 35.1. The van der Waals surface area contributed by atoms with Gasteiger partial charge in [-0.15, -0.1) is 0 Å². The van der Waals surface area contributed by atoms with E-state index in [1.54, 1.807) is 6.07 Å². The Balaban J connectivity index is 1.43. The molecule has 5 aromatic carbocycles. The molecule has 0 unspecified atom stereocenters. The molecule has 0 fully saturated rings. The Kier molecular flexibility index (Phi) is 8.03. The fraction of sp³-hybridized carbons (Fsp3) is 0.233. The zero-order chi connectivity index (χ0) is 34.6. The summed E-state index contributed by atoms with van der Waals surface area (Å²) in [7, 11) is -2.39. The maximum atomic E-state index is 12.8. The molecule has 0 spiro atoms. The maximum absolute atomic E-state index is 12.8. The monoisotopic (exact) mass is 677 g/mol. The quantitative estimate of drug-likeness (QED) is 0.186. The molecule has 0 saturated carbocycles. The third kappa shape index (κ3) is 5.55. The largest absolute Gasteiger partial charge is 0.478 e. The van der Waals surface area contributed by atoms with Gasteiger partial charge < -0.3 is 15.1 Å². The van der Waals surface area contributed by atoms with Gasteiger partial charge in [0.25, 0.3) is 0 Å². The van der Waals surface area contributed by atoms with E-state index in [1.165, 1.54) is 55.8 Å². The van der Waals surface area contributed by atoms with Crippen molar-refractivity contribution >= 4 is 41.6 Å². The van der Waals surface area contributed by atoms with E-state index in [2.05, 4.69) is 107 Å². The van der Waals surface area contributed by atoms with Crippen LogP contribution in [0.5, 0.6) is 0 Å². The van der Waals surface area contributed by atoms with Crippen molar-refractivity contribution in [3.05, 3.63) is 158 Å². The SMILES string of the molecule is C[Si]1(C)c2cc3c(cc2C(c2cc(C(=O)O)ccc2C(=O)O)=c2cc4c(cc21)=[N+](Cc1ccccc1)CCC4)CCCN3Cc1ccccc1. The molecular weight excluding hydrogens is 637 g/mol. The van der Waals surface area contributed by atoms with E-state index in [0.29, 0.717) is 5.56 Å². The topological polar surface area (TPSA) is 80.8 Å². The number of hydrogen-bond donors (Lipinski definition) is 2. The van der Waals surface area contributed by atoms with Crippen molar-refractivity contribution in [1.29, 1.82) is 0 Å². The lowest BCUT2D eigenvalue weighted by molar-refractivity contribution is 0.0681. The molecule has 0 aliphatic carbocycles. The molecule has 0 amide bonds. The van der Waals surface area contributed by atoms with Crippen molar-refractivity contribution in [3.8, 4) is 0 Å². The second-order valence-corrected chi connectivity index (χ2v) is 18.8. The smallest absolute Gasteiger partial charge is 0.336 e. The van der Waals surface area contributed by atoms with Crippen molar-refractivity contribution in [2.45, 2.75) is 51.9 Å². The number of anilines is 1. The zero-order valence-corrected chi connectivity index (χ0v) is 29.6. The van der Waals surface area contributed by atoms with Gasteiger partial charge in [0.05, 0.1) is 11.1 Å². The Bertz CT molecular complexity index is 2320. The van der Waals surface area contributed by atoms with E-state index in [-0.39, 0.29) is 11.1 Å². The third-order valence-electron chi connectivity index (χ3n) is 11.0. The first-order valence-electron chi connectivity index (χ1n) is 17.6. The van der Waals surface area contributed by atoms with Crippen LogP contribution in [0.15, 0.2) is 103 Å². The molecule has 3 aliphatic heterocycles. The van der Waals surface area contributed by atoms with Crippen LogP contribution in [-0.2, 0) is 25.9 Å². The van der Waals surface area contributed by atoms with Gasteiger partial charge in [-0.3, -0.25) is 0 Å². The average molecular weight is 678 g/mol. The molecule has 6 nitrogen and oxygen atoms in total. The highest BCUT2D eigenvalue weighted by molar-refractivity contribution is 7.01. The van der Waals surface area contributed by atoms with Gasteiger partial charge in [-0.1, -0.05) is 73.8 Å². The molecule has 0 bridgehead atoms. The minimum Gasteiger partial charge on any atom is -0.478 e. The van der Waals surface area contributed by atoms with Crippen molar-refractivity contribution in [2.24, 2.45) is 0 Å². The summed E-state index contributed by atoms with van der Waals surface area (Å²) in [5.74, 6) is -2.13. The van der Waals surface area contributed by atoms with Crippen LogP contribution < -0.4 is 30.4 Å². The van der Waals surface area contributed by atoms with Crippen LogP contribution >= 0.6 is 0 Å². The summed E-state index contributed by atoms with van der Waals surface area (Å²) < 4.78 is 2.50. The average Bonchev–Trinajstić information content (AvgIpc) is 3.12. The summed E-state index contributed by atoms with van der Waals surface area (Å²) >= 11 is 0. The molecule has 3 aliphatic rings. The highest BCUT2D eigenvalue weighted by Gasteiger charge is 2.39. The second kappa shape index (κ2) is 12.6. The van der Waals surface area contributed by atoms with E-state index < -0.39 is 20.0 Å². The lowest BCUT2D eigenvalue weighted by atomic mass is 9.87. The van der Waals surface area contributed by atoms with Crippen molar-refractivity contribution in [2.75, 3.05) is 18.0 Å². The molecule has 2 N–H and O–H groups in total. The van der Waals surface area contributed by atoms with Gasteiger partial charge in [-0.05, 0) is 99.1 Å². The number of hydrogen-bond acceptors (Lipinski definition) is 3. The van der Waals surface area contributed by atoms with Gasteiger partial charge in [0.1, 0.15) is 14.6 Å². The van der Waals surface area contributed by atoms with Gasteiger partial charge in [-0.2, -0.15) is 0 Å². The predicted octanol–water partition coefficient (Wildman–Crippen LogP) is 5.06. The molecule has 0 aromatic heterocycles. The van der Waals surface area contributed by atoms with Gasteiger partial charge in [0, 0.05) is 42.4 Å². The summed E-state index contributed by atoms with van der Waals surface area (Å²) in [6.07, 6.45) is 3.95. The Morgan fingerprint density at radius 2 is 1.46 bits per heavy atom. The number of carboxylic acids is 2. The number of benzene rings is 5. The van der Waals surface area contributed by atoms with Crippen LogP contribution in [0.2, 0.25) is 13.1 Å². The van der Waals surface area contributed by atoms with Gasteiger partial charge >= 0.3 is 11.9 Å². The highest BCUT2D eigenvalue weighted by atomic mass is 28.3. The molecule has 0 radical (unpaired) electrons. The summed E-state index contributed by atoms with van der Waals surface area (Å²) in [6.45, 7) is 8.44. The normalized spacial score (nSPS) is 15.8. The molecular formula is C43H41N2O4Si+. The Morgan fingerprint density at radius 3 is 2.18 bits per heavy atom. The minimum atomic E-state index is -2.39. The Hall–Kier alpha value is -5.27. The molecule has 250 valence electrons. The van der Waals surface area contributed by atoms with E-state index in [0.717, 1.165) is 68.2 Å². The number of aromatic carboxylic acids is 2. The predicted molar refractivity (Wildman–Crippen MR) is 201 cm³/mol. The fourth-order valence-electron chi connectivity index (χ4n) is 8.45. The molecule has 3 heterocycles. The number of carboxylic acid groups (broad SMARTS) is 2. The number of aryl methyl sites for hydroxylation is 2. The third-order valence-corrected chi connectivity index (χ3v) is 14.5. The lowest BCUT2D eigenvalue weighted by Gasteiger charge is -2.38. The van der Waals surface area contributed by atoms with Crippen LogP contribution in [-0.4, -0.2) is 43.3 Å². The van der Waals surface area contributed by atoms with E-state index in [9.17, 15) is 19.8 Å². The number of carbonyl (C=O) groups is 2. The molecule has 50 heavy (non-hydrogen) atoms. The standard InChI is InChI=1S/C43H40N2O4Si/c1-50(2)39-24-37-30(15-9-19-44(37)26-28-11-5-3-6-12-28)21-35(39)41(34-23-32(42(46)47)17-18-33(34)43(48)49)36-22-31-16-10-20-45(38(31)25-40(36)50)27-29-13-7-4-8-14-29/h3-8,11-14,17-18,21-25H,9-10,15-16,19-20,26-27H2,1-2H3,(H-,46,47,48,49)/p+1. The van der Waals surface area contributed by atoms with Crippen LogP contribution in [0.25, 0.3) is 5.57 Å². The second-order valence-electron chi connectivity index (χ2n) is 14.4. The lowest BCUT2D eigenvalue weighted by Crippen LogP contribution is -2.64. The van der Waals surface area contributed by atoms with Crippen LogP contribution in [0.1, 0.15) is 66.9 Å². The van der Waals surface area contributed by atoms with E-state index in [4.69, 9.17) is 0 Å². The Morgan fingerprint density at radius 1 is 0.740 bits per heavy atom. The van der Waals surface area contributed by atoms with Crippen molar-refractivity contribution in [3.63, 3.8) is 0 Å².